The average Bonchev–Trinajstić information content (AvgIpc) is 2.76. The molecule has 3 aromatic rings. The van der Waals surface area contributed by atoms with Crippen LogP contribution < -0.4 is 14.2 Å². The number of ether oxygens (including phenoxy) is 3. The molecule has 1 N–H and O–H groups in total. The number of nitrogens with zero attached hydrogens (tertiary/aromatic N) is 1. The van der Waals surface area contributed by atoms with Crippen molar-refractivity contribution >= 4 is 10.8 Å². The first kappa shape index (κ1) is 21.3. The van der Waals surface area contributed by atoms with Gasteiger partial charge >= 0.3 is 0 Å². The Kier molecular flexibility index (Phi) is 5.48. The van der Waals surface area contributed by atoms with Crippen LogP contribution in [0.1, 0.15) is 36.6 Å². The van der Waals surface area contributed by atoms with Crippen LogP contribution in [-0.4, -0.2) is 44.4 Å². The number of fused-ring (bicyclic) bond motifs is 2. The van der Waals surface area contributed by atoms with E-state index in [9.17, 15) is 5.11 Å². The molecule has 0 aromatic heterocycles. The third-order valence-corrected chi connectivity index (χ3v) is 6.80. The summed E-state index contributed by atoms with van der Waals surface area (Å²) in [4.78, 5) is 2.36. The molecule has 31 heavy (non-hydrogen) atoms. The molecule has 5 nitrogen and oxygen atoms in total. The summed E-state index contributed by atoms with van der Waals surface area (Å²) in [6.45, 7) is 6.44. The molecule has 2 atom stereocenters. The summed E-state index contributed by atoms with van der Waals surface area (Å²) in [7, 11) is 7.12. The Balaban J connectivity index is 2.11. The summed E-state index contributed by atoms with van der Waals surface area (Å²) in [5.74, 6) is 2.27. The Hall–Kier alpha value is -2.92. The Morgan fingerprint density at radius 2 is 1.68 bits per heavy atom. The number of aryl methyl sites for hydroxylation is 1. The number of methoxy groups -OCH3 is 3. The normalized spacial score (nSPS) is 18.7. The minimum atomic E-state index is 0.175. The van der Waals surface area contributed by atoms with Gasteiger partial charge in [0.05, 0.1) is 32.3 Å². The fraction of sp³-hybridized carbons (Fsp3) is 0.385. The van der Waals surface area contributed by atoms with Crippen molar-refractivity contribution in [2.45, 2.75) is 39.3 Å². The van der Waals surface area contributed by atoms with Gasteiger partial charge < -0.3 is 19.3 Å². The summed E-state index contributed by atoms with van der Waals surface area (Å²) in [5, 5.41) is 13.1. The van der Waals surface area contributed by atoms with Crippen molar-refractivity contribution in [1.29, 1.82) is 0 Å². The van der Waals surface area contributed by atoms with Gasteiger partial charge in [-0.3, -0.25) is 4.90 Å². The molecule has 0 amide bonds. The van der Waals surface area contributed by atoms with Crippen molar-refractivity contribution in [3.05, 3.63) is 47.0 Å². The van der Waals surface area contributed by atoms with Crippen LogP contribution in [0, 0.1) is 6.92 Å². The number of rotatable bonds is 4. The van der Waals surface area contributed by atoms with Crippen molar-refractivity contribution < 1.29 is 19.3 Å². The third kappa shape index (κ3) is 3.19. The van der Waals surface area contributed by atoms with E-state index in [2.05, 4.69) is 37.9 Å². The minimum Gasteiger partial charge on any atom is -0.506 e. The van der Waals surface area contributed by atoms with Crippen molar-refractivity contribution in [1.82, 2.24) is 4.90 Å². The highest BCUT2D eigenvalue weighted by Gasteiger charge is 2.33. The fourth-order valence-electron chi connectivity index (χ4n) is 5.01. The minimum absolute atomic E-state index is 0.175. The number of hydrogen-bond acceptors (Lipinski definition) is 5. The Morgan fingerprint density at radius 3 is 2.32 bits per heavy atom. The number of phenols is 1. The van der Waals surface area contributed by atoms with Crippen molar-refractivity contribution in [3.8, 4) is 34.1 Å². The molecule has 1 aliphatic rings. The molecule has 1 heterocycles. The van der Waals surface area contributed by atoms with E-state index in [-0.39, 0.29) is 11.8 Å². The summed E-state index contributed by atoms with van der Waals surface area (Å²) < 4.78 is 17.4. The van der Waals surface area contributed by atoms with Crippen molar-refractivity contribution in [2.75, 3.05) is 28.4 Å². The predicted octanol–water partition coefficient (Wildman–Crippen LogP) is 5.48. The van der Waals surface area contributed by atoms with Gasteiger partial charge in [0.2, 0.25) is 0 Å². The highest BCUT2D eigenvalue weighted by atomic mass is 16.5. The van der Waals surface area contributed by atoms with Gasteiger partial charge in [0.1, 0.15) is 23.0 Å². The van der Waals surface area contributed by atoms with Gasteiger partial charge in [-0.1, -0.05) is 18.2 Å². The lowest BCUT2D eigenvalue weighted by atomic mass is 9.84. The van der Waals surface area contributed by atoms with Gasteiger partial charge in [-0.25, -0.2) is 0 Å². The van der Waals surface area contributed by atoms with Crippen LogP contribution in [-0.2, 0) is 6.42 Å². The quantitative estimate of drug-likeness (QED) is 0.604. The molecule has 1 aliphatic heterocycles. The molecule has 0 unspecified atom stereocenters. The monoisotopic (exact) mass is 421 g/mol. The maximum absolute atomic E-state index is 11.5. The van der Waals surface area contributed by atoms with Gasteiger partial charge in [-0.15, -0.1) is 0 Å². The molecule has 0 radical (unpaired) electrons. The van der Waals surface area contributed by atoms with E-state index in [0.717, 1.165) is 34.2 Å². The molecule has 4 rings (SSSR count). The second-order valence-electron chi connectivity index (χ2n) is 8.43. The van der Waals surface area contributed by atoms with E-state index >= 15 is 0 Å². The second kappa shape index (κ2) is 7.97. The second-order valence-corrected chi connectivity index (χ2v) is 8.43. The first-order valence-corrected chi connectivity index (χ1v) is 10.6. The Morgan fingerprint density at radius 1 is 0.968 bits per heavy atom. The lowest BCUT2D eigenvalue weighted by molar-refractivity contribution is 0.175. The number of hydrogen-bond donors (Lipinski definition) is 1. The van der Waals surface area contributed by atoms with Crippen LogP contribution in [0.15, 0.2) is 30.3 Å². The Bertz CT molecular complexity index is 1150. The lowest BCUT2D eigenvalue weighted by Crippen LogP contribution is -2.38. The van der Waals surface area contributed by atoms with Crippen molar-refractivity contribution in [2.24, 2.45) is 0 Å². The molecule has 164 valence electrons. The average molecular weight is 422 g/mol. The maximum atomic E-state index is 11.5. The summed E-state index contributed by atoms with van der Waals surface area (Å²) >= 11 is 0. The summed E-state index contributed by atoms with van der Waals surface area (Å²) in [6, 6.07) is 10.5. The molecule has 0 saturated heterocycles. The van der Waals surface area contributed by atoms with Gasteiger partial charge in [-0.05, 0) is 62.9 Å². The van der Waals surface area contributed by atoms with E-state index in [1.54, 1.807) is 21.3 Å². The first-order chi connectivity index (χ1) is 14.8. The third-order valence-electron chi connectivity index (χ3n) is 6.80. The fourth-order valence-corrected chi connectivity index (χ4v) is 5.01. The highest BCUT2D eigenvalue weighted by molar-refractivity contribution is 6.02. The van der Waals surface area contributed by atoms with Gasteiger partial charge in [-0.2, -0.15) is 0 Å². The zero-order valence-corrected chi connectivity index (χ0v) is 19.4. The van der Waals surface area contributed by atoms with Crippen LogP contribution in [0.5, 0.6) is 23.0 Å². The summed E-state index contributed by atoms with van der Waals surface area (Å²) in [6.07, 6.45) is 0.916. The van der Waals surface area contributed by atoms with Crippen LogP contribution in [0.25, 0.3) is 21.9 Å². The van der Waals surface area contributed by atoms with E-state index < -0.39 is 0 Å². The van der Waals surface area contributed by atoms with Gasteiger partial charge in [0, 0.05) is 23.2 Å². The van der Waals surface area contributed by atoms with Gasteiger partial charge in [0.25, 0.3) is 0 Å². The summed E-state index contributed by atoms with van der Waals surface area (Å²) in [5.41, 5.74) is 4.81. The maximum Gasteiger partial charge on any atom is 0.135 e. The zero-order chi connectivity index (χ0) is 22.4. The predicted molar refractivity (Wildman–Crippen MR) is 125 cm³/mol. The largest absolute Gasteiger partial charge is 0.506 e. The molecular weight excluding hydrogens is 390 g/mol. The zero-order valence-electron chi connectivity index (χ0n) is 19.4. The molecule has 5 heteroatoms. The highest BCUT2D eigenvalue weighted by Crippen LogP contribution is 2.53. The van der Waals surface area contributed by atoms with Crippen LogP contribution in [0.4, 0.5) is 0 Å². The van der Waals surface area contributed by atoms with E-state index in [4.69, 9.17) is 14.2 Å². The van der Waals surface area contributed by atoms with E-state index in [1.807, 2.05) is 25.1 Å². The molecule has 0 bridgehead atoms. The van der Waals surface area contributed by atoms with Crippen LogP contribution in [0.2, 0.25) is 0 Å². The topological polar surface area (TPSA) is 51.2 Å². The standard InChI is InChI=1S/C26H31NO4/c1-14-11-17-9-8-10-19(29-5)23(17)25(28)21(14)24-20(30-6)13-18-12-15(2)27(4)16(3)22(18)26(24)31-7/h8-11,13,15-16,28H,12H2,1-7H3/t15-,16+/m0/s1. The molecular formula is C26H31NO4. The SMILES string of the molecule is COc1cc2c(c(OC)c1-c1c(C)cc3cccc(OC)c3c1O)[C@@H](C)N(C)[C@@H](C)C2. The first-order valence-electron chi connectivity index (χ1n) is 10.6. The lowest BCUT2D eigenvalue weighted by Gasteiger charge is -2.39. The van der Waals surface area contributed by atoms with E-state index in [0.29, 0.717) is 28.5 Å². The Labute approximate surface area is 184 Å². The molecule has 0 aliphatic carbocycles. The number of aromatic hydroxyl groups is 1. The van der Waals surface area contributed by atoms with E-state index in [1.165, 1.54) is 5.56 Å². The molecule has 3 aromatic carbocycles. The number of benzene rings is 3. The number of likely N-dealkylation sites (N-methyl/N-ethyl adjacent to an activating group) is 1. The number of phenolic OH excluding ortho intramolecular Hbond substituents is 1. The van der Waals surface area contributed by atoms with Crippen LogP contribution >= 0.6 is 0 Å². The molecule has 0 spiro atoms. The van der Waals surface area contributed by atoms with Gasteiger partial charge in [0.15, 0.2) is 0 Å². The smallest absolute Gasteiger partial charge is 0.135 e. The molecule has 0 fully saturated rings. The molecule has 0 saturated carbocycles. The van der Waals surface area contributed by atoms with Crippen molar-refractivity contribution in [3.63, 3.8) is 0 Å². The van der Waals surface area contributed by atoms with Crippen LogP contribution in [0.3, 0.4) is 0 Å².